The summed E-state index contributed by atoms with van der Waals surface area (Å²) in [7, 11) is 0. The van der Waals surface area contributed by atoms with Gasteiger partial charge in [-0.1, -0.05) is 27.7 Å². The molecule has 0 bridgehead atoms. The van der Waals surface area contributed by atoms with E-state index < -0.39 is 0 Å². The van der Waals surface area contributed by atoms with E-state index in [1.165, 1.54) is 19.4 Å². The fourth-order valence-corrected chi connectivity index (χ4v) is 1.53. The molecule has 11 heavy (non-hydrogen) atoms. The van der Waals surface area contributed by atoms with Crippen LogP contribution >= 0.6 is 0 Å². The lowest BCUT2D eigenvalue weighted by molar-refractivity contribution is 0.386. The van der Waals surface area contributed by atoms with Gasteiger partial charge in [0.2, 0.25) is 0 Å². The molecular formula is C10H21N. The van der Waals surface area contributed by atoms with Gasteiger partial charge in [0, 0.05) is 12.1 Å². The van der Waals surface area contributed by atoms with Crippen molar-refractivity contribution in [2.75, 3.05) is 6.54 Å². The smallest absolute Gasteiger partial charge is 0.0330 e. The van der Waals surface area contributed by atoms with Crippen molar-refractivity contribution in [1.29, 1.82) is 0 Å². The molecule has 0 aromatic heterocycles. The molecule has 1 nitrogen and oxygen atoms in total. The standard InChI is InChI=1S/C10H21N/c1-8(2)5-6-10(7-11-10)9(3)4/h8-9,11H,5-7H2,1-4H3. The summed E-state index contributed by atoms with van der Waals surface area (Å²) in [6.45, 7) is 10.5. The van der Waals surface area contributed by atoms with Crippen LogP contribution < -0.4 is 5.32 Å². The normalized spacial score (nSPS) is 30.0. The first-order valence-corrected chi connectivity index (χ1v) is 4.82. The van der Waals surface area contributed by atoms with Crippen molar-refractivity contribution in [1.82, 2.24) is 5.32 Å². The van der Waals surface area contributed by atoms with Crippen LogP contribution in [0.2, 0.25) is 0 Å². The summed E-state index contributed by atoms with van der Waals surface area (Å²) in [6, 6.07) is 0. The molecule has 0 aromatic carbocycles. The second-order valence-electron chi connectivity index (χ2n) is 4.60. The van der Waals surface area contributed by atoms with E-state index in [0.717, 1.165) is 11.8 Å². The molecule has 0 aromatic rings. The van der Waals surface area contributed by atoms with E-state index in [4.69, 9.17) is 0 Å². The van der Waals surface area contributed by atoms with Gasteiger partial charge in [0.1, 0.15) is 0 Å². The van der Waals surface area contributed by atoms with Gasteiger partial charge in [0.25, 0.3) is 0 Å². The topological polar surface area (TPSA) is 21.9 Å². The van der Waals surface area contributed by atoms with E-state index in [2.05, 4.69) is 33.0 Å². The van der Waals surface area contributed by atoms with Crippen molar-refractivity contribution >= 4 is 0 Å². The van der Waals surface area contributed by atoms with Gasteiger partial charge < -0.3 is 5.32 Å². The van der Waals surface area contributed by atoms with Gasteiger partial charge in [-0.05, 0) is 24.7 Å². The van der Waals surface area contributed by atoms with Crippen LogP contribution in [0.15, 0.2) is 0 Å². The number of hydrogen-bond donors (Lipinski definition) is 1. The third kappa shape index (κ3) is 2.19. The molecule has 0 aliphatic carbocycles. The molecule has 1 rings (SSSR count). The molecule has 1 aliphatic rings. The Morgan fingerprint density at radius 2 is 1.82 bits per heavy atom. The zero-order valence-corrected chi connectivity index (χ0v) is 8.28. The molecule has 0 saturated carbocycles. The zero-order valence-electron chi connectivity index (χ0n) is 8.28. The molecule has 1 fully saturated rings. The van der Waals surface area contributed by atoms with Gasteiger partial charge in [0.15, 0.2) is 0 Å². The SMILES string of the molecule is CC(C)CCC1(C(C)C)CN1. The lowest BCUT2D eigenvalue weighted by Crippen LogP contribution is -2.23. The number of hydrogen-bond acceptors (Lipinski definition) is 1. The van der Waals surface area contributed by atoms with Gasteiger partial charge in [-0.2, -0.15) is 0 Å². The Morgan fingerprint density at radius 1 is 1.27 bits per heavy atom. The molecule has 1 unspecified atom stereocenters. The molecule has 1 aliphatic heterocycles. The number of rotatable bonds is 4. The average molecular weight is 155 g/mol. The Balaban J connectivity index is 2.25. The van der Waals surface area contributed by atoms with E-state index in [1.807, 2.05) is 0 Å². The van der Waals surface area contributed by atoms with E-state index in [-0.39, 0.29) is 0 Å². The molecule has 1 heteroatoms. The Bertz CT molecular complexity index is 123. The second kappa shape index (κ2) is 3.14. The third-order valence-corrected chi connectivity index (χ3v) is 2.90. The van der Waals surface area contributed by atoms with Crippen molar-refractivity contribution in [3.05, 3.63) is 0 Å². The summed E-state index contributed by atoms with van der Waals surface area (Å²) >= 11 is 0. The second-order valence-corrected chi connectivity index (χ2v) is 4.60. The first kappa shape index (κ1) is 9.05. The predicted molar refractivity (Wildman–Crippen MR) is 49.6 cm³/mol. The quantitative estimate of drug-likeness (QED) is 0.619. The van der Waals surface area contributed by atoms with Gasteiger partial charge in [-0.25, -0.2) is 0 Å². The Kier molecular flexibility index (Phi) is 2.58. The summed E-state index contributed by atoms with van der Waals surface area (Å²) in [4.78, 5) is 0. The van der Waals surface area contributed by atoms with Crippen LogP contribution in [0.4, 0.5) is 0 Å². The van der Waals surface area contributed by atoms with E-state index in [0.29, 0.717) is 5.54 Å². The van der Waals surface area contributed by atoms with Crippen LogP contribution in [-0.4, -0.2) is 12.1 Å². The van der Waals surface area contributed by atoms with Crippen LogP contribution in [0, 0.1) is 11.8 Å². The fraction of sp³-hybridized carbons (Fsp3) is 1.00. The highest BCUT2D eigenvalue weighted by atomic mass is 15.2. The summed E-state index contributed by atoms with van der Waals surface area (Å²) in [6.07, 6.45) is 2.73. The van der Waals surface area contributed by atoms with E-state index >= 15 is 0 Å². The maximum absolute atomic E-state index is 3.50. The minimum absolute atomic E-state index is 0.532. The van der Waals surface area contributed by atoms with Gasteiger partial charge >= 0.3 is 0 Å². The van der Waals surface area contributed by atoms with Crippen molar-refractivity contribution in [3.8, 4) is 0 Å². The van der Waals surface area contributed by atoms with Gasteiger partial charge in [-0.15, -0.1) is 0 Å². The average Bonchev–Trinajstić information content (AvgIpc) is 2.63. The van der Waals surface area contributed by atoms with Crippen molar-refractivity contribution in [2.24, 2.45) is 11.8 Å². The van der Waals surface area contributed by atoms with Crippen LogP contribution in [0.25, 0.3) is 0 Å². The highest BCUT2D eigenvalue weighted by Crippen LogP contribution is 2.32. The monoisotopic (exact) mass is 155 g/mol. The molecule has 1 heterocycles. The first-order chi connectivity index (χ1) is 5.07. The minimum atomic E-state index is 0.532. The summed E-state index contributed by atoms with van der Waals surface area (Å²) < 4.78 is 0. The largest absolute Gasteiger partial charge is 0.308 e. The molecule has 66 valence electrons. The van der Waals surface area contributed by atoms with Crippen molar-refractivity contribution in [3.63, 3.8) is 0 Å². The molecule has 0 amide bonds. The summed E-state index contributed by atoms with van der Waals surface area (Å²) in [5.41, 5.74) is 0.532. The van der Waals surface area contributed by atoms with Gasteiger partial charge in [-0.3, -0.25) is 0 Å². The molecular weight excluding hydrogens is 134 g/mol. The van der Waals surface area contributed by atoms with Gasteiger partial charge in [0.05, 0.1) is 0 Å². The highest BCUT2D eigenvalue weighted by molar-refractivity contribution is 5.05. The first-order valence-electron chi connectivity index (χ1n) is 4.82. The third-order valence-electron chi connectivity index (χ3n) is 2.90. The van der Waals surface area contributed by atoms with Crippen molar-refractivity contribution < 1.29 is 0 Å². The molecule has 1 N–H and O–H groups in total. The summed E-state index contributed by atoms with van der Waals surface area (Å²) in [5.74, 6) is 1.66. The lowest BCUT2D eigenvalue weighted by atomic mass is 9.88. The minimum Gasteiger partial charge on any atom is -0.308 e. The van der Waals surface area contributed by atoms with Crippen LogP contribution in [0.5, 0.6) is 0 Å². The predicted octanol–water partition coefficient (Wildman–Crippen LogP) is 2.42. The Hall–Kier alpha value is -0.0400. The highest BCUT2D eigenvalue weighted by Gasteiger charge is 2.43. The maximum atomic E-state index is 3.50. The van der Waals surface area contributed by atoms with Crippen LogP contribution in [-0.2, 0) is 0 Å². The Labute approximate surface area is 70.6 Å². The summed E-state index contributed by atoms with van der Waals surface area (Å²) in [5, 5.41) is 3.50. The molecule has 0 spiro atoms. The van der Waals surface area contributed by atoms with Crippen LogP contribution in [0.3, 0.4) is 0 Å². The lowest BCUT2D eigenvalue weighted by Gasteiger charge is -2.18. The van der Waals surface area contributed by atoms with Crippen molar-refractivity contribution in [2.45, 2.75) is 46.1 Å². The Morgan fingerprint density at radius 3 is 2.09 bits per heavy atom. The van der Waals surface area contributed by atoms with E-state index in [9.17, 15) is 0 Å². The zero-order chi connectivity index (χ0) is 8.48. The maximum Gasteiger partial charge on any atom is 0.0330 e. The van der Waals surface area contributed by atoms with E-state index in [1.54, 1.807) is 0 Å². The molecule has 0 radical (unpaired) electrons. The molecule has 1 saturated heterocycles. The fourth-order valence-electron chi connectivity index (χ4n) is 1.53. The molecule has 1 atom stereocenters. The number of nitrogens with one attached hydrogen (secondary N) is 1. The van der Waals surface area contributed by atoms with Crippen LogP contribution in [0.1, 0.15) is 40.5 Å².